The summed E-state index contributed by atoms with van der Waals surface area (Å²) < 4.78 is 12.8. The van der Waals surface area contributed by atoms with Crippen molar-refractivity contribution in [1.29, 1.82) is 0 Å². The molecule has 174 valence electrons. The van der Waals surface area contributed by atoms with E-state index < -0.39 is 12.1 Å². The van der Waals surface area contributed by atoms with Crippen molar-refractivity contribution in [2.75, 3.05) is 13.6 Å². The van der Waals surface area contributed by atoms with Crippen LogP contribution >= 0.6 is 0 Å². The number of aromatic nitrogens is 5. The van der Waals surface area contributed by atoms with Crippen molar-refractivity contribution < 1.29 is 24.2 Å². The lowest BCUT2D eigenvalue weighted by Gasteiger charge is -2.26. The molecule has 11 heteroatoms. The fourth-order valence-corrected chi connectivity index (χ4v) is 3.61. The van der Waals surface area contributed by atoms with Crippen LogP contribution in [0.1, 0.15) is 51.1 Å². The van der Waals surface area contributed by atoms with E-state index in [2.05, 4.69) is 27.2 Å². The Labute approximate surface area is 186 Å². The highest BCUT2D eigenvalue weighted by Gasteiger charge is 2.28. The van der Waals surface area contributed by atoms with Crippen LogP contribution in [0.2, 0.25) is 0 Å². The molecule has 1 fully saturated rings. The monoisotopic (exact) mass is 446 g/mol. The zero-order chi connectivity index (χ0) is 23.1. The van der Waals surface area contributed by atoms with Crippen molar-refractivity contribution in [3.63, 3.8) is 0 Å². The van der Waals surface area contributed by atoms with E-state index in [1.54, 1.807) is 19.0 Å². The average molecular weight is 447 g/mol. The summed E-state index contributed by atoms with van der Waals surface area (Å²) in [6.45, 7) is 2.70. The first-order chi connectivity index (χ1) is 15.4. The van der Waals surface area contributed by atoms with Crippen molar-refractivity contribution >= 4 is 12.1 Å². The Bertz CT molecular complexity index is 916. The molecule has 1 aliphatic rings. The number of carbonyl (C=O) groups excluding carboxylic acids is 1. The van der Waals surface area contributed by atoms with Crippen LogP contribution in [0.3, 0.4) is 0 Å². The topological polar surface area (TPSA) is 133 Å². The molecule has 3 rings (SSSR count). The van der Waals surface area contributed by atoms with Gasteiger partial charge in [0.25, 0.3) is 0 Å². The lowest BCUT2D eigenvalue weighted by atomic mass is 9.87. The molecule has 32 heavy (non-hydrogen) atoms. The van der Waals surface area contributed by atoms with Gasteiger partial charge in [0, 0.05) is 20.6 Å². The molecule has 0 radical (unpaired) electrons. The van der Waals surface area contributed by atoms with E-state index in [0.717, 1.165) is 25.7 Å². The minimum atomic E-state index is -0.785. The first kappa shape index (κ1) is 23.4. The molecule has 2 aromatic rings. The van der Waals surface area contributed by atoms with Gasteiger partial charge < -0.3 is 19.5 Å². The molecule has 0 aliphatic heterocycles. The third-order valence-electron chi connectivity index (χ3n) is 5.57. The number of ether oxygens (including phenoxy) is 2. The van der Waals surface area contributed by atoms with Gasteiger partial charge in [-0.2, -0.15) is 0 Å². The van der Waals surface area contributed by atoms with Crippen molar-refractivity contribution in [3.8, 4) is 17.3 Å². The number of nitrogens with zero attached hydrogens (tertiary/aromatic N) is 6. The molecule has 0 aromatic carbocycles. The first-order valence-electron chi connectivity index (χ1n) is 10.9. The van der Waals surface area contributed by atoms with Gasteiger partial charge in [0.05, 0.1) is 18.3 Å². The molecular formula is C21H30N6O5. The van der Waals surface area contributed by atoms with Crippen LogP contribution in [0.4, 0.5) is 4.79 Å². The normalized spacial score (nSPS) is 18.2. The van der Waals surface area contributed by atoms with Gasteiger partial charge in [-0.15, -0.1) is 5.10 Å². The van der Waals surface area contributed by atoms with Gasteiger partial charge in [0.1, 0.15) is 29.8 Å². The minimum Gasteiger partial charge on any atom is -0.481 e. The molecule has 0 unspecified atom stereocenters. The van der Waals surface area contributed by atoms with Gasteiger partial charge >= 0.3 is 12.1 Å². The number of carboxylic acid groups (broad SMARTS) is 1. The number of amides is 1. The Hall–Kier alpha value is -3.24. The van der Waals surface area contributed by atoms with Crippen LogP contribution in [0.25, 0.3) is 11.4 Å². The minimum absolute atomic E-state index is 0.00666. The third-order valence-corrected chi connectivity index (χ3v) is 5.57. The predicted molar refractivity (Wildman–Crippen MR) is 114 cm³/mol. The third kappa shape index (κ3) is 5.92. The average Bonchev–Trinajstić information content (AvgIpc) is 3.16. The number of aliphatic carboxylic acids is 1. The quantitative estimate of drug-likeness (QED) is 0.617. The van der Waals surface area contributed by atoms with Gasteiger partial charge in [-0.05, 0) is 32.1 Å². The number of rotatable bonds is 9. The molecule has 2 aromatic heterocycles. The van der Waals surface area contributed by atoms with Crippen LogP contribution in [-0.4, -0.2) is 66.7 Å². The van der Waals surface area contributed by atoms with E-state index in [4.69, 9.17) is 9.47 Å². The van der Waals surface area contributed by atoms with E-state index in [-0.39, 0.29) is 18.6 Å². The van der Waals surface area contributed by atoms with Crippen molar-refractivity contribution in [2.45, 2.75) is 58.2 Å². The molecule has 0 spiro atoms. The summed E-state index contributed by atoms with van der Waals surface area (Å²) in [5, 5.41) is 17.4. The van der Waals surface area contributed by atoms with Gasteiger partial charge in [-0.1, -0.05) is 18.6 Å². The second kappa shape index (κ2) is 10.9. The standard InChI is InChI=1S/C21H30N6O5/c1-4-5-9-26(2)21(30)31-13-17-19(24-25-27(17)3)16-11-23-18(12-22-16)32-15-8-6-7-14(10-15)20(28)29/h11-12,14-15H,4-10,13H2,1-3H3,(H,28,29)/t14-,15-/m0/s1. The lowest BCUT2D eigenvalue weighted by molar-refractivity contribution is -0.143. The molecule has 1 amide bonds. The van der Waals surface area contributed by atoms with E-state index in [0.29, 0.717) is 42.3 Å². The maximum atomic E-state index is 12.2. The number of unbranched alkanes of at least 4 members (excludes halogenated alkanes) is 1. The van der Waals surface area contributed by atoms with E-state index in [1.807, 2.05) is 0 Å². The zero-order valence-corrected chi connectivity index (χ0v) is 18.7. The van der Waals surface area contributed by atoms with Crippen molar-refractivity contribution in [3.05, 3.63) is 18.1 Å². The van der Waals surface area contributed by atoms with Crippen LogP contribution in [-0.2, 0) is 23.2 Å². The Morgan fingerprint density at radius 3 is 2.78 bits per heavy atom. The summed E-state index contributed by atoms with van der Waals surface area (Å²) >= 11 is 0. The number of carboxylic acids is 1. The maximum absolute atomic E-state index is 12.2. The summed E-state index contributed by atoms with van der Waals surface area (Å²) in [5.41, 5.74) is 1.55. The highest BCUT2D eigenvalue weighted by atomic mass is 16.6. The van der Waals surface area contributed by atoms with Gasteiger partial charge in [-0.3, -0.25) is 4.79 Å². The number of aryl methyl sites for hydroxylation is 1. The fourth-order valence-electron chi connectivity index (χ4n) is 3.61. The van der Waals surface area contributed by atoms with Crippen LogP contribution < -0.4 is 4.74 Å². The van der Waals surface area contributed by atoms with Crippen LogP contribution in [0.15, 0.2) is 12.4 Å². The van der Waals surface area contributed by atoms with Gasteiger partial charge in [0.2, 0.25) is 5.88 Å². The van der Waals surface area contributed by atoms with Gasteiger partial charge in [0.15, 0.2) is 0 Å². The highest BCUT2D eigenvalue weighted by Crippen LogP contribution is 2.28. The van der Waals surface area contributed by atoms with E-state index in [1.165, 1.54) is 17.1 Å². The van der Waals surface area contributed by atoms with E-state index in [9.17, 15) is 14.7 Å². The number of carbonyl (C=O) groups is 2. The van der Waals surface area contributed by atoms with Crippen molar-refractivity contribution in [1.82, 2.24) is 29.9 Å². The molecule has 1 saturated carbocycles. The first-order valence-corrected chi connectivity index (χ1v) is 10.9. The molecule has 1 aliphatic carbocycles. The Balaban J connectivity index is 1.62. The summed E-state index contributed by atoms with van der Waals surface area (Å²) in [6, 6.07) is 0. The molecular weight excluding hydrogens is 416 g/mol. The SMILES string of the molecule is CCCCN(C)C(=O)OCc1c(-c2cnc(O[C@H]3CCC[C@H](C(=O)O)C3)cn2)nnn1C. The molecule has 0 bridgehead atoms. The maximum Gasteiger partial charge on any atom is 0.409 e. The summed E-state index contributed by atoms with van der Waals surface area (Å²) in [4.78, 5) is 33.6. The second-order valence-corrected chi connectivity index (χ2v) is 8.02. The summed E-state index contributed by atoms with van der Waals surface area (Å²) in [7, 11) is 3.42. The second-order valence-electron chi connectivity index (χ2n) is 8.02. The molecule has 2 heterocycles. The summed E-state index contributed by atoms with van der Waals surface area (Å²) in [5.74, 6) is -0.835. The number of hydrogen-bond donors (Lipinski definition) is 1. The largest absolute Gasteiger partial charge is 0.481 e. The molecule has 2 atom stereocenters. The zero-order valence-electron chi connectivity index (χ0n) is 18.7. The Morgan fingerprint density at radius 1 is 1.28 bits per heavy atom. The lowest BCUT2D eigenvalue weighted by Crippen LogP contribution is -2.29. The van der Waals surface area contributed by atoms with Gasteiger partial charge in [-0.25, -0.2) is 19.4 Å². The van der Waals surface area contributed by atoms with Crippen molar-refractivity contribution in [2.24, 2.45) is 13.0 Å². The predicted octanol–water partition coefficient (Wildman–Crippen LogP) is 2.66. The Kier molecular flexibility index (Phi) is 7.96. The highest BCUT2D eigenvalue weighted by molar-refractivity contribution is 5.70. The molecule has 0 saturated heterocycles. The fraction of sp³-hybridized carbons (Fsp3) is 0.619. The Morgan fingerprint density at radius 2 is 2.09 bits per heavy atom. The van der Waals surface area contributed by atoms with Crippen LogP contribution in [0.5, 0.6) is 5.88 Å². The summed E-state index contributed by atoms with van der Waals surface area (Å²) in [6.07, 6.45) is 7.05. The van der Waals surface area contributed by atoms with Crippen LogP contribution in [0, 0.1) is 5.92 Å². The molecule has 1 N–H and O–H groups in total. The number of hydrogen-bond acceptors (Lipinski definition) is 8. The molecule has 11 nitrogen and oxygen atoms in total. The van der Waals surface area contributed by atoms with E-state index >= 15 is 0 Å². The smallest absolute Gasteiger partial charge is 0.409 e.